The van der Waals surface area contributed by atoms with Gasteiger partial charge in [0.05, 0.1) is 12.1 Å². The number of methoxy groups -OCH3 is 1. The van der Waals surface area contributed by atoms with Gasteiger partial charge in [-0.05, 0) is 19.5 Å². The van der Waals surface area contributed by atoms with E-state index in [1.807, 2.05) is 7.05 Å². The third kappa shape index (κ3) is 11.5. The Morgan fingerprint density at radius 2 is 1.89 bits per heavy atom. The zero-order valence-electron chi connectivity index (χ0n) is 16.4. The van der Waals surface area contributed by atoms with Gasteiger partial charge < -0.3 is 25.0 Å². The number of halogens is 4. The van der Waals surface area contributed by atoms with Crippen molar-refractivity contribution in [2.45, 2.75) is 12.6 Å². The molecule has 0 saturated heterocycles. The first kappa shape index (κ1) is 26.7. The number of guanidine groups is 1. The smallest absolute Gasteiger partial charge is 0.417 e. The molecule has 11 heteroatoms. The molecule has 28 heavy (non-hydrogen) atoms. The first-order chi connectivity index (χ1) is 12.9. The molecule has 0 bridgehead atoms. The van der Waals surface area contributed by atoms with Crippen molar-refractivity contribution in [3.05, 3.63) is 23.9 Å². The average molecular weight is 519 g/mol. The Labute approximate surface area is 181 Å². The van der Waals surface area contributed by atoms with Crippen molar-refractivity contribution in [3.63, 3.8) is 0 Å². The minimum Gasteiger partial charge on any atom is -0.476 e. The first-order valence-electron chi connectivity index (χ1n) is 8.65. The molecule has 7 nitrogen and oxygen atoms in total. The van der Waals surface area contributed by atoms with Gasteiger partial charge in [-0.25, -0.2) is 4.98 Å². The minimum absolute atomic E-state index is 0. The molecule has 0 spiro atoms. The molecule has 0 aromatic carbocycles. The van der Waals surface area contributed by atoms with Gasteiger partial charge in [-0.1, -0.05) is 0 Å². The van der Waals surface area contributed by atoms with Crippen LogP contribution in [-0.2, 0) is 10.9 Å². The Morgan fingerprint density at radius 3 is 2.46 bits per heavy atom. The van der Waals surface area contributed by atoms with E-state index in [4.69, 9.17) is 9.47 Å². The molecule has 0 atom stereocenters. The number of likely N-dealkylation sites (N-methyl/N-ethyl adjacent to an activating group) is 1. The number of pyridine rings is 1. The topological polar surface area (TPSA) is 71.0 Å². The summed E-state index contributed by atoms with van der Waals surface area (Å²) in [5, 5.41) is 6.25. The lowest BCUT2D eigenvalue weighted by Crippen LogP contribution is -2.42. The number of hydrogen-bond acceptors (Lipinski definition) is 5. The van der Waals surface area contributed by atoms with Crippen LogP contribution < -0.4 is 15.4 Å². The lowest BCUT2D eigenvalue weighted by atomic mass is 10.3. The highest BCUT2D eigenvalue weighted by atomic mass is 127. The molecule has 2 N–H and O–H groups in total. The average Bonchev–Trinajstić information content (AvgIpc) is 2.63. The van der Waals surface area contributed by atoms with Crippen LogP contribution in [0.4, 0.5) is 13.2 Å². The summed E-state index contributed by atoms with van der Waals surface area (Å²) in [5.74, 6) is 0.773. The molecule has 1 rings (SSSR count). The SMILES string of the molecule is CN=C(NCCOc1ccc(C(F)(F)F)cn1)NCCN(C)CCCOC.I. The van der Waals surface area contributed by atoms with Gasteiger partial charge in [0, 0.05) is 52.7 Å². The van der Waals surface area contributed by atoms with Crippen LogP contribution in [0, 0.1) is 0 Å². The lowest BCUT2D eigenvalue weighted by Gasteiger charge is -2.18. The van der Waals surface area contributed by atoms with Gasteiger partial charge in [-0.15, -0.1) is 24.0 Å². The van der Waals surface area contributed by atoms with E-state index in [0.29, 0.717) is 12.5 Å². The zero-order valence-corrected chi connectivity index (χ0v) is 18.7. The Hall–Kier alpha value is -1.34. The summed E-state index contributed by atoms with van der Waals surface area (Å²) in [6.45, 7) is 3.97. The highest BCUT2D eigenvalue weighted by Crippen LogP contribution is 2.29. The normalized spacial score (nSPS) is 11.9. The van der Waals surface area contributed by atoms with Gasteiger partial charge in [0.1, 0.15) is 6.61 Å². The summed E-state index contributed by atoms with van der Waals surface area (Å²) in [5.41, 5.74) is -0.801. The van der Waals surface area contributed by atoms with Crippen molar-refractivity contribution in [1.82, 2.24) is 20.5 Å². The Balaban J connectivity index is 0.00000729. The van der Waals surface area contributed by atoms with Gasteiger partial charge >= 0.3 is 6.18 Å². The summed E-state index contributed by atoms with van der Waals surface area (Å²) in [4.78, 5) is 9.95. The van der Waals surface area contributed by atoms with Crippen molar-refractivity contribution in [3.8, 4) is 5.88 Å². The summed E-state index contributed by atoms with van der Waals surface area (Å²) in [6.07, 6.45) is -2.66. The molecule has 1 aromatic heterocycles. The third-order valence-corrected chi connectivity index (χ3v) is 3.61. The summed E-state index contributed by atoms with van der Waals surface area (Å²) < 4.78 is 47.7. The maximum absolute atomic E-state index is 12.5. The van der Waals surface area contributed by atoms with Crippen LogP contribution in [0.2, 0.25) is 0 Å². The first-order valence-corrected chi connectivity index (χ1v) is 8.65. The van der Waals surface area contributed by atoms with Crippen LogP contribution in [0.3, 0.4) is 0 Å². The molecule has 0 fully saturated rings. The van der Waals surface area contributed by atoms with Crippen molar-refractivity contribution in [1.29, 1.82) is 0 Å². The van der Waals surface area contributed by atoms with E-state index in [-0.39, 0.29) is 36.5 Å². The number of hydrogen-bond donors (Lipinski definition) is 2. The number of aliphatic imine (C=N–C) groups is 1. The van der Waals surface area contributed by atoms with Gasteiger partial charge in [-0.3, -0.25) is 4.99 Å². The van der Waals surface area contributed by atoms with Crippen LogP contribution in [0.15, 0.2) is 23.3 Å². The van der Waals surface area contributed by atoms with Crippen LogP contribution in [0.25, 0.3) is 0 Å². The highest BCUT2D eigenvalue weighted by molar-refractivity contribution is 14.0. The fraction of sp³-hybridized carbons (Fsp3) is 0.647. The second-order valence-corrected chi connectivity index (χ2v) is 5.81. The van der Waals surface area contributed by atoms with Gasteiger partial charge in [0.15, 0.2) is 5.96 Å². The molecular formula is C17H29F3IN5O2. The molecule has 162 valence electrons. The molecule has 1 heterocycles. The molecule has 0 aliphatic carbocycles. The maximum atomic E-state index is 12.5. The van der Waals surface area contributed by atoms with Gasteiger partial charge in [0.2, 0.25) is 5.88 Å². The van der Waals surface area contributed by atoms with E-state index >= 15 is 0 Å². The molecule has 0 aliphatic rings. The second kappa shape index (κ2) is 14.6. The summed E-state index contributed by atoms with van der Waals surface area (Å²) in [6, 6.07) is 2.15. The van der Waals surface area contributed by atoms with Crippen molar-refractivity contribution < 1.29 is 22.6 Å². The highest BCUT2D eigenvalue weighted by Gasteiger charge is 2.30. The fourth-order valence-corrected chi connectivity index (χ4v) is 2.13. The largest absolute Gasteiger partial charge is 0.476 e. The Bertz CT molecular complexity index is 559. The monoisotopic (exact) mass is 519 g/mol. The third-order valence-electron chi connectivity index (χ3n) is 3.61. The van der Waals surface area contributed by atoms with Gasteiger partial charge in [-0.2, -0.15) is 13.2 Å². The maximum Gasteiger partial charge on any atom is 0.417 e. The summed E-state index contributed by atoms with van der Waals surface area (Å²) in [7, 11) is 5.39. The van der Waals surface area contributed by atoms with E-state index in [1.54, 1.807) is 14.2 Å². The fourth-order valence-electron chi connectivity index (χ4n) is 2.13. The molecule has 0 unspecified atom stereocenters. The van der Waals surface area contributed by atoms with Crippen LogP contribution in [0.1, 0.15) is 12.0 Å². The Morgan fingerprint density at radius 1 is 1.18 bits per heavy atom. The number of nitrogens with one attached hydrogen (secondary N) is 2. The van der Waals surface area contributed by atoms with E-state index in [2.05, 4.69) is 25.5 Å². The molecular weight excluding hydrogens is 490 g/mol. The summed E-state index contributed by atoms with van der Waals surface area (Å²) >= 11 is 0. The Kier molecular flexibility index (Phi) is 13.9. The molecule has 1 aromatic rings. The predicted molar refractivity (Wildman–Crippen MR) is 114 cm³/mol. The molecule has 0 amide bonds. The molecule has 0 aliphatic heterocycles. The number of nitrogens with zero attached hydrogens (tertiary/aromatic N) is 3. The van der Waals surface area contributed by atoms with Gasteiger partial charge in [0.25, 0.3) is 0 Å². The predicted octanol–water partition coefficient (Wildman–Crippen LogP) is 2.23. The van der Waals surface area contributed by atoms with Crippen molar-refractivity contribution >= 4 is 29.9 Å². The van der Waals surface area contributed by atoms with E-state index in [9.17, 15) is 13.2 Å². The van der Waals surface area contributed by atoms with Crippen molar-refractivity contribution in [2.24, 2.45) is 4.99 Å². The number of ether oxygens (including phenoxy) is 2. The van der Waals surface area contributed by atoms with Crippen LogP contribution in [0.5, 0.6) is 5.88 Å². The number of alkyl halides is 3. The number of aromatic nitrogens is 1. The minimum atomic E-state index is -4.40. The molecule has 0 radical (unpaired) electrons. The zero-order chi connectivity index (χ0) is 20.1. The van der Waals surface area contributed by atoms with Crippen molar-refractivity contribution in [2.75, 3.05) is 60.6 Å². The van der Waals surface area contributed by atoms with E-state index in [0.717, 1.165) is 44.9 Å². The second-order valence-electron chi connectivity index (χ2n) is 5.81. The van der Waals surface area contributed by atoms with Crippen LogP contribution >= 0.6 is 24.0 Å². The quantitative estimate of drug-likeness (QED) is 0.202. The molecule has 0 saturated carbocycles. The lowest BCUT2D eigenvalue weighted by molar-refractivity contribution is -0.137. The number of rotatable bonds is 11. The van der Waals surface area contributed by atoms with E-state index in [1.165, 1.54) is 6.07 Å². The van der Waals surface area contributed by atoms with Crippen LogP contribution in [-0.4, -0.2) is 76.4 Å². The van der Waals surface area contributed by atoms with E-state index < -0.39 is 11.7 Å². The standard InChI is InChI=1S/C17H28F3N5O2.HI/c1-21-16(22-7-10-25(2)9-4-11-26-3)23-8-12-27-15-6-5-14(13-24-15)17(18,19)20;/h5-6,13H,4,7-12H2,1-3H3,(H2,21,22,23);1H.